The smallest absolute Gasteiger partial charge is 0.232 e. The van der Waals surface area contributed by atoms with Crippen molar-refractivity contribution in [2.75, 3.05) is 46.6 Å². The first-order valence-corrected chi connectivity index (χ1v) is 10.7. The highest BCUT2D eigenvalue weighted by atomic mass is 16.1. The lowest BCUT2D eigenvalue weighted by Crippen LogP contribution is -2.47. The number of anilines is 5. The second kappa shape index (κ2) is 9.17. The van der Waals surface area contributed by atoms with Crippen LogP contribution in [0.25, 0.3) is 0 Å². The van der Waals surface area contributed by atoms with Crippen LogP contribution >= 0.6 is 0 Å². The van der Waals surface area contributed by atoms with E-state index in [2.05, 4.69) is 54.2 Å². The second-order valence-corrected chi connectivity index (χ2v) is 7.94. The summed E-state index contributed by atoms with van der Waals surface area (Å²) in [5.41, 5.74) is 4.99. The standard InChI is InChI=1S/C23H28N8O/c1-15-8-9-24-21(16(15)2)30-10-12-31(13-11-30)23-26-14-25-22(29-23)28-20-7-5-6-19(17(20)3)27-18(4)32/h5-9,14H,10-13H2,1-4H3,(H,27,32)(H,25,26,28,29). The van der Waals surface area contributed by atoms with Gasteiger partial charge in [-0.3, -0.25) is 4.79 Å². The summed E-state index contributed by atoms with van der Waals surface area (Å²) < 4.78 is 0. The molecular weight excluding hydrogens is 404 g/mol. The van der Waals surface area contributed by atoms with Crippen LogP contribution in [0.15, 0.2) is 36.8 Å². The first kappa shape index (κ1) is 21.5. The fraction of sp³-hybridized carbons (Fsp3) is 0.348. The summed E-state index contributed by atoms with van der Waals surface area (Å²) in [4.78, 5) is 33.8. The summed E-state index contributed by atoms with van der Waals surface area (Å²) in [5, 5.41) is 6.09. The number of hydrogen-bond donors (Lipinski definition) is 2. The van der Waals surface area contributed by atoms with E-state index in [1.165, 1.54) is 24.4 Å². The number of amides is 1. The SMILES string of the molecule is CC(=O)Nc1cccc(Nc2ncnc(N3CCN(c4nccc(C)c4C)CC3)n2)c1C. The maximum absolute atomic E-state index is 11.4. The van der Waals surface area contributed by atoms with Gasteiger partial charge < -0.3 is 20.4 Å². The van der Waals surface area contributed by atoms with Crippen LogP contribution in [-0.4, -0.2) is 52.0 Å². The highest BCUT2D eigenvalue weighted by Crippen LogP contribution is 2.26. The molecule has 9 heteroatoms. The van der Waals surface area contributed by atoms with Gasteiger partial charge in [-0.15, -0.1) is 0 Å². The van der Waals surface area contributed by atoms with Gasteiger partial charge in [0.2, 0.25) is 17.8 Å². The summed E-state index contributed by atoms with van der Waals surface area (Å²) in [6.45, 7) is 11.0. The molecule has 0 bridgehead atoms. The summed E-state index contributed by atoms with van der Waals surface area (Å²) in [6, 6.07) is 7.72. The molecule has 0 spiro atoms. The van der Waals surface area contributed by atoms with Gasteiger partial charge in [0.05, 0.1) is 0 Å². The van der Waals surface area contributed by atoms with E-state index >= 15 is 0 Å². The van der Waals surface area contributed by atoms with E-state index < -0.39 is 0 Å². The monoisotopic (exact) mass is 432 g/mol. The molecule has 0 unspecified atom stereocenters. The maximum Gasteiger partial charge on any atom is 0.232 e. The van der Waals surface area contributed by atoms with Crippen LogP contribution in [0.4, 0.5) is 29.1 Å². The topological polar surface area (TPSA) is 99.2 Å². The van der Waals surface area contributed by atoms with Crippen molar-refractivity contribution in [2.24, 2.45) is 0 Å². The average molecular weight is 433 g/mol. The van der Waals surface area contributed by atoms with Gasteiger partial charge >= 0.3 is 0 Å². The molecule has 4 rings (SSSR count). The Morgan fingerprint density at radius 1 is 0.906 bits per heavy atom. The van der Waals surface area contributed by atoms with Crippen LogP contribution in [0.1, 0.15) is 23.6 Å². The normalized spacial score (nSPS) is 13.8. The number of hydrogen-bond acceptors (Lipinski definition) is 8. The molecule has 3 aromatic rings. The van der Waals surface area contributed by atoms with Gasteiger partial charge in [0, 0.05) is 50.7 Å². The minimum Gasteiger partial charge on any atom is -0.353 e. The quantitative estimate of drug-likeness (QED) is 0.634. The van der Waals surface area contributed by atoms with Crippen molar-refractivity contribution in [1.29, 1.82) is 0 Å². The van der Waals surface area contributed by atoms with Crippen molar-refractivity contribution in [3.05, 3.63) is 53.5 Å². The number of pyridine rings is 1. The van der Waals surface area contributed by atoms with E-state index in [-0.39, 0.29) is 5.91 Å². The summed E-state index contributed by atoms with van der Waals surface area (Å²) >= 11 is 0. The number of aryl methyl sites for hydroxylation is 1. The summed E-state index contributed by atoms with van der Waals surface area (Å²) in [5.74, 6) is 2.06. The molecule has 9 nitrogen and oxygen atoms in total. The first-order chi connectivity index (χ1) is 15.4. The zero-order valence-electron chi connectivity index (χ0n) is 18.9. The molecule has 1 amide bonds. The molecule has 1 aliphatic heterocycles. The van der Waals surface area contributed by atoms with E-state index in [1.807, 2.05) is 37.4 Å². The van der Waals surface area contributed by atoms with Crippen molar-refractivity contribution < 1.29 is 4.79 Å². The van der Waals surface area contributed by atoms with Gasteiger partial charge in [-0.1, -0.05) is 6.07 Å². The Hall–Kier alpha value is -3.75. The van der Waals surface area contributed by atoms with Gasteiger partial charge in [0.1, 0.15) is 12.1 Å². The van der Waals surface area contributed by atoms with E-state index in [1.54, 1.807) is 0 Å². The maximum atomic E-state index is 11.4. The van der Waals surface area contributed by atoms with Crippen LogP contribution in [-0.2, 0) is 4.79 Å². The Labute approximate surface area is 187 Å². The van der Waals surface area contributed by atoms with Gasteiger partial charge in [0.25, 0.3) is 0 Å². The van der Waals surface area contributed by atoms with E-state index in [0.29, 0.717) is 11.9 Å². The number of piperazine rings is 1. The third kappa shape index (κ3) is 4.61. The van der Waals surface area contributed by atoms with E-state index in [9.17, 15) is 4.79 Å². The number of aromatic nitrogens is 4. The molecule has 0 aliphatic carbocycles. The fourth-order valence-electron chi connectivity index (χ4n) is 3.77. The number of rotatable bonds is 5. The lowest BCUT2D eigenvalue weighted by molar-refractivity contribution is -0.114. The Bertz CT molecular complexity index is 1120. The molecule has 1 aliphatic rings. The molecule has 2 N–H and O–H groups in total. The largest absolute Gasteiger partial charge is 0.353 e. The Kier molecular flexibility index (Phi) is 6.16. The second-order valence-electron chi connectivity index (χ2n) is 7.94. The van der Waals surface area contributed by atoms with Crippen LogP contribution in [0.3, 0.4) is 0 Å². The Morgan fingerprint density at radius 2 is 1.62 bits per heavy atom. The molecule has 2 aromatic heterocycles. The molecule has 3 heterocycles. The number of carbonyl (C=O) groups excluding carboxylic acids is 1. The molecule has 1 saturated heterocycles. The fourth-order valence-corrected chi connectivity index (χ4v) is 3.77. The van der Waals surface area contributed by atoms with Crippen LogP contribution in [0.2, 0.25) is 0 Å². The lowest BCUT2D eigenvalue weighted by Gasteiger charge is -2.36. The third-order valence-corrected chi connectivity index (χ3v) is 5.76. The zero-order chi connectivity index (χ0) is 22.7. The van der Waals surface area contributed by atoms with Gasteiger partial charge in [-0.2, -0.15) is 4.98 Å². The van der Waals surface area contributed by atoms with Gasteiger partial charge in [0.15, 0.2) is 0 Å². The van der Waals surface area contributed by atoms with E-state index in [4.69, 9.17) is 0 Å². The van der Waals surface area contributed by atoms with Crippen LogP contribution in [0, 0.1) is 20.8 Å². The zero-order valence-corrected chi connectivity index (χ0v) is 18.9. The predicted octanol–water partition coefficient (Wildman–Crippen LogP) is 3.22. The van der Waals surface area contributed by atoms with Gasteiger partial charge in [-0.05, 0) is 55.7 Å². The number of benzene rings is 1. The summed E-state index contributed by atoms with van der Waals surface area (Å²) in [6.07, 6.45) is 3.40. The Morgan fingerprint density at radius 3 is 2.38 bits per heavy atom. The van der Waals surface area contributed by atoms with Crippen molar-refractivity contribution >= 4 is 35.0 Å². The molecule has 1 aromatic carbocycles. The minimum atomic E-state index is -0.108. The highest BCUT2D eigenvalue weighted by molar-refractivity contribution is 5.90. The molecule has 32 heavy (non-hydrogen) atoms. The lowest BCUT2D eigenvalue weighted by atomic mass is 10.1. The minimum absolute atomic E-state index is 0.108. The van der Waals surface area contributed by atoms with Crippen LogP contribution < -0.4 is 20.4 Å². The predicted molar refractivity (Wildman–Crippen MR) is 127 cm³/mol. The van der Waals surface area contributed by atoms with Gasteiger partial charge in [-0.25, -0.2) is 15.0 Å². The molecule has 1 fully saturated rings. The number of nitrogens with one attached hydrogen (secondary N) is 2. The van der Waals surface area contributed by atoms with Crippen molar-refractivity contribution in [3.8, 4) is 0 Å². The molecule has 0 saturated carbocycles. The highest BCUT2D eigenvalue weighted by Gasteiger charge is 2.22. The van der Waals surface area contributed by atoms with E-state index in [0.717, 1.165) is 48.9 Å². The first-order valence-electron chi connectivity index (χ1n) is 10.7. The summed E-state index contributed by atoms with van der Waals surface area (Å²) in [7, 11) is 0. The van der Waals surface area contributed by atoms with Crippen LogP contribution in [0.5, 0.6) is 0 Å². The Balaban J connectivity index is 1.45. The molecular formula is C23H28N8O. The van der Waals surface area contributed by atoms with Crippen molar-refractivity contribution in [2.45, 2.75) is 27.7 Å². The molecule has 0 radical (unpaired) electrons. The number of nitrogens with zero attached hydrogens (tertiary/aromatic N) is 6. The van der Waals surface area contributed by atoms with Crippen molar-refractivity contribution in [3.63, 3.8) is 0 Å². The average Bonchev–Trinajstić information content (AvgIpc) is 2.78. The number of carbonyl (C=O) groups is 1. The van der Waals surface area contributed by atoms with Crippen molar-refractivity contribution in [1.82, 2.24) is 19.9 Å². The molecule has 166 valence electrons. The molecule has 0 atom stereocenters. The third-order valence-electron chi connectivity index (χ3n) is 5.76.